The van der Waals surface area contributed by atoms with Crippen LogP contribution in [0.3, 0.4) is 0 Å². The number of esters is 1. The minimum atomic E-state index is -0.656. The van der Waals surface area contributed by atoms with E-state index < -0.39 is 5.97 Å². The van der Waals surface area contributed by atoms with Crippen LogP contribution in [0.25, 0.3) is 11.0 Å². The fraction of sp³-hybridized carbons (Fsp3) is 0.304. The van der Waals surface area contributed by atoms with Gasteiger partial charge in [-0.1, -0.05) is 56.3 Å². The lowest BCUT2D eigenvalue weighted by Crippen LogP contribution is -2.31. The molecule has 0 bridgehead atoms. The maximum absolute atomic E-state index is 12.1. The molecule has 1 atom stereocenters. The van der Waals surface area contributed by atoms with Crippen LogP contribution in [0.1, 0.15) is 48.5 Å². The fourth-order valence-corrected chi connectivity index (χ4v) is 3.06. The summed E-state index contributed by atoms with van der Waals surface area (Å²) in [5.74, 6) is -0.326. The molecule has 0 spiro atoms. The molecular formula is C23H25NO4. The SMILES string of the molecule is CC(C)Cc1ccc([C@H](C)NC(=O)COC(=O)c2cc3ccccc3o2)cc1. The second kappa shape index (κ2) is 8.74. The Morgan fingerprint density at radius 1 is 1.04 bits per heavy atom. The second-order valence-corrected chi connectivity index (χ2v) is 7.35. The summed E-state index contributed by atoms with van der Waals surface area (Å²) in [6.45, 7) is 5.91. The van der Waals surface area contributed by atoms with Crippen molar-refractivity contribution in [2.24, 2.45) is 5.92 Å². The molecule has 5 nitrogen and oxygen atoms in total. The molecule has 146 valence electrons. The minimum Gasteiger partial charge on any atom is -0.450 e. The van der Waals surface area contributed by atoms with E-state index in [0.29, 0.717) is 11.5 Å². The normalized spacial score (nSPS) is 12.1. The molecule has 2 aromatic carbocycles. The van der Waals surface area contributed by atoms with Gasteiger partial charge in [-0.3, -0.25) is 4.79 Å². The van der Waals surface area contributed by atoms with Crippen molar-refractivity contribution in [3.63, 3.8) is 0 Å². The van der Waals surface area contributed by atoms with Crippen molar-refractivity contribution in [2.75, 3.05) is 6.61 Å². The third-order valence-electron chi connectivity index (χ3n) is 4.46. The van der Waals surface area contributed by atoms with Crippen molar-refractivity contribution in [1.82, 2.24) is 5.32 Å². The van der Waals surface area contributed by atoms with Gasteiger partial charge in [0, 0.05) is 5.39 Å². The number of carbonyl (C=O) groups excluding carboxylic acids is 2. The topological polar surface area (TPSA) is 68.5 Å². The Hall–Kier alpha value is -3.08. The van der Waals surface area contributed by atoms with Crippen molar-refractivity contribution in [2.45, 2.75) is 33.2 Å². The van der Waals surface area contributed by atoms with Crippen LogP contribution in [0.4, 0.5) is 0 Å². The molecule has 1 amide bonds. The number of benzene rings is 2. The Kier molecular flexibility index (Phi) is 6.14. The number of nitrogens with one attached hydrogen (secondary N) is 1. The molecule has 1 heterocycles. The Balaban J connectivity index is 1.51. The molecule has 0 aliphatic carbocycles. The molecule has 1 aromatic heterocycles. The van der Waals surface area contributed by atoms with Crippen LogP contribution < -0.4 is 5.32 Å². The van der Waals surface area contributed by atoms with E-state index in [0.717, 1.165) is 17.4 Å². The fourth-order valence-electron chi connectivity index (χ4n) is 3.06. The van der Waals surface area contributed by atoms with E-state index in [4.69, 9.17) is 9.15 Å². The van der Waals surface area contributed by atoms with Crippen LogP contribution >= 0.6 is 0 Å². The molecule has 0 saturated heterocycles. The van der Waals surface area contributed by atoms with E-state index >= 15 is 0 Å². The lowest BCUT2D eigenvalue weighted by atomic mass is 10.00. The van der Waals surface area contributed by atoms with E-state index in [1.54, 1.807) is 12.1 Å². The summed E-state index contributed by atoms with van der Waals surface area (Å²) in [7, 11) is 0. The number of fused-ring (bicyclic) bond motifs is 1. The molecule has 1 N–H and O–H groups in total. The number of furan rings is 1. The maximum atomic E-state index is 12.1. The van der Waals surface area contributed by atoms with Crippen molar-refractivity contribution < 1.29 is 18.7 Å². The Morgan fingerprint density at radius 2 is 1.75 bits per heavy atom. The van der Waals surface area contributed by atoms with Gasteiger partial charge in [-0.05, 0) is 42.5 Å². The first-order chi connectivity index (χ1) is 13.4. The molecule has 28 heavy (non-hydrogen) atoms. The zero-order valence-electron chi connectivity index (χ0n) is 16.4. The van der Waals surface area contributed by atoms with Crippen molar-refractivity contribution >= 4 is 22.8 Å². The van der Waals surface area contributed by atoms with Crippen LogP contribution in [0.15, 0.2) is 59.0 Å². The van der Waals surface area contributed by atoms with E-state index in [1.807, 2.05) is 37.3 Å². The Bertz CT molecular complexity index is 923. The van der Waals surface area contributed by atoms with Crippen LogP contribution in [0.5, 0.6) is 0 Å². The summed E-state index contributed by atoms with van der Waals surface area (Å²) in [6.07, 6.45) is 1.03. The largest absolute Gasteiger partial charge is 0.450 e. The highest BCUT2D eigenvalue weighted by Crippen LogP contribution is 2.19. The van der Waals surface area contributed by atoms with E-state index in [9.17, 15) is 9.59 Å². The van der Waals surface area contributed by atoms with E-state index in [2.05, 4.69) is 31.3 Å². The summed E-state index contributed by atoms with van der Waals surface area (Å²) in [4.78, 5) is 24.2. The van der Waals surface area contributed by atoms with Gasteiger partial charge >= 0.3 is 5.97 Å². The highest BCUT2D eigenvalue weighted by atomic mass is 16.5. The van der Waals surface area contributed by atoms with Gasteiger partial charge in [-0.25, -0.2) is 4.79 Å². The maximum Gasteiger partial charge on any atom is 0.374 e. The molecule has 3 aromatic rings. The smallest absolute Gasteiger partial charge is 0.374 e. The molecule has 0 aliphatic rings. The summed E-state index contributed by atoms with van der Waals surface area (Å²) in [5.41, 5.74) is 2.88. The quantitative estimate of drug-likeness (QED) is 0.606. The van der Waals surface area contributed by atoms with Crippen molar-refractivity contribution in [3.05, 3.63) is 71.5 Å². The third kappa shape index (κ3) is 5.00. The number of hydrogen-bond acceptors (Lipinski definition) is 4. The van der Waals surface area contributed by atoms with Gasteiger partial charge in [0.15, 0.2) is 6.61 Å². The first-order valence-electron chi connectivity index (χ1n) is 9.46. The molecular weight excluding hydrogens is 354 g/mol. The van der Waals surface area contributed by atoms with Gasteiger partial charge < -0.3 is 14.5 Å². The van der Waals surface area contributed by atoms with Crippen molar-refractivity contribution in [1.29, 1.82) is 0 Å². The van der Waals surface area contributed by atoms with Gasteiger partial charge in [-0.2, -0.15) is 0 Å². The van der Waals surface area contributed by atoms with Crippen LogP contribution in [0, 0.1) is 5.92 Å². The highest BCUT2D eigenvalue weighted by molar-refractivity contribution is 5.93. The number of ether oxygens (including phenoxy) is 1. The number of rotatable bonds is 7. The predicted molar refractivity (Wildman–Crippen MR) is 108 cm³/mol. The molecule has 0 fully saturated rings. The average molecular weight is 379 g/mol. The zero-order chi connectivity index (χ0) is 20.1. The van der Waals surface area contributed by atoms with Crippen LogP contribution in [0.2, 0.25) is 0 Å². The first kappa shape index (κ1) is 19.7. The number of amides is 1. The van der Waals surface area contributed by atoms with E-state index in [-0.39, 0.29) is 24.3 Å². The summed E-state index contributed by atoms with van der Waals surface area (Å²) in [6, 6.07) is 16.9. The monoisotopic (exact) mass is 379 g/mol. The van der Waals surface area contributed by atoms with Gasteiger partial charge in [0.25, 0.3) is 5.91 Å². The van der Waals surface area contributed by atoms with Crippen LogP contribution in [-0.2, 0) is 16.0 Å². The van der Waals surface area contributed by atoms with Crippen LogP contribution in [-0.4, -0.2) is 18.5 Å². The predicted octanol–water partition coefficient (Wildman–Crippen LogP) is 4.67. The highest BCUT2D eigenvalue weighted by Gasteiger charge is 2.16. The molecule has 5 heteroatoms. The lowest BCUT2D eigenvalue weighted by Gasteiger charge is -2.15. The second-order valence-electron chi connectivity index (χ2n) is 7.35. The lowest BCUT2D eigenvalue weighted by molar-refractivity contribution is -0.124. The van der Waals surface area contributed by atoms with Gasteiger partial charge in [0.1, 0.15) is 5.58 Å². The number of hydrogen-bond donors (Lipinski definition) is 1. The Morgan fingerprint density at radius 3 is 2.43 bits per heavy atom. The number of carbonyl (C=O) groups is 2. The molecule has 0 saturated carbocycles. The van der Waals surface area contributed by atoms with Gasteiger partial charge in [0.2, 0.25) is 5.76 Å². The molecule has 3 rings (SSSR count). The molecule has 0 radical (unpaired) electrons. The van der Waals surface area contributed by atoms with Crippen molar-refractivity contribution in [3.8, 4) is 0 Å². The summed E-state index contributed by atoms with van der Waals surface area (Å²) < 4.78 is 10.5. The molecule has 0 unspecified atom stereocenters. The Labute approximate surface area is 164 Å². The molecule has 0 aliphatic heterocycles. The first-order valence-corrected chi connectivity index (χ1v) is 9.46. The van der Waals surface area contributed by atoms with Gasteiger partial charge in [0.05, 0.1) is 6.04 Å². The zero-order valence-corrected chi connectivity index (χ0v) is 16.4. The van der Waals surface area contributed by atoms with E-state index in [1.165, 1.54) is 5.56 Å². The average Bonchev–Trinajstić information content (AvgIpc) is 3.10. The van der Waals surface area contributed by atoms with Gasteiger partial charge in [-0.15, -0.1) is 0 Å². The summed E-state index contributed by atoms with van der Waals surface area (Å²) in [5, 5.41) is 3.66. The minimum absolute atomic E-state index is 0.0859. The third-order valence-corrected chi connectivity index (χ3v) is 4.46. The summed E-state index contributed by atoms with van der Waals surface area (Å²) >= 11 is 0. The number of para-hydroxylation sites is 1. The standard InChI is InChI=1S/C23H25NO4/c1-15(2)12-17-8-10-18(11-9-17)16(3)24-22(25)14-27-23(26)21-13-19-6-4-5-7-20(19)28-21/h4-11,13,15-16H,12,14H2,1-3H3,(H,24,25)/t16-/m0/s1.